The Morgan fingerprint density at radius 2 is 1.64 bits per heavy atom. The number of aromatic nitrogens is 3. The average molecular weight is 442 g/mol. The van der Waals surface area contributed by atoms with Crippen LogP contribution in [0.15, 0.2) is 85.2 Å². The largest absolute Gasteiger partial charge is 0.348 e. The molecule has 2 heterocycles. The Balaban J connectivity index is 1.38. The summed E-state index contributed by atoms with van der Waals surface area (Å²) in [6.07, 6.45) is 3.65. The summed E-state index contributed by atoms with van der Waals surface area (Å²) in [5.74, 6) is -1.77. The van der Waals surface area contributed by atoms with Crippen LogP contribution in [0.25, 0.3) is 33.9 Å². The minimum absolute atomic E-state index is 0.0227. The van der Waals surface area contributed by atoms with Gasteiger partial charge < -0.3 is 4.57 Å². The van der Waals surface area contributed by atoms with Gasteiger partial charge in [-0.05, 0) is 34.9 Å². The van der Waals surface area contributed by atoms with Crippen LogP contribution < -0.4 is 0 Å². The van der Waals surface area contributed by atoms with Crippen LogP contribution in [0.3, 0.4) is 0 Å². The van der Waals surface area contributed by atoms with Crippen LogP contribution >= 0.6 is 0 Å². The number of fused-ring (bicyclic) bond motifs is 1. The molecule has 0 spiro atoms. The van der Waals surface area contributed by atoms with Gasteiger partial charge in [0.25, 0.3) is 5.69 Å². The standard InChI is InChI=1S/C25H16F2N4O2/c26-21-6-2-5-20(24(21)27)25-28-22-11-12-30(15-23(22)29-25)14-16-7-9-17(10-8-16)18-3-1-4-19(13-18)31(32)33/h1-13,15H,14H2. The van der Waals surface area contributed by atoms with Gasteiger partial charge in [0.2, 0.25) is 0 Å². The lowest BCUT2D eigenvalue weighted by Gasteiger charge is -2.09. The predicted octanol–water partition coefficient (Wildman–Crippen LogP) is 5.95. The molecule has 0 radical (unpaired) electrons. The maximum atomic E-state index is 14.1. The summed E-state index contributed by atoms with van der Waals surface area (Å²) in [5, 5.41) is 11.0. The Morgan fingerprint density at radius 3 is 2.42 bits per heavy atom. The van der Waals surface area contributed by atoms with Crippen molar-refractivity contribution >= 4 is 5.69 Å². The monoisotopic (exact) mass is 442 g/mol. The molecule has 0 atom stereocenters. The number of halogens is 2. The Bertz CT molecular complexity index is 1450. The van der Waals surface area contributed by atoms with E-state index < -0.39 is 16.6 Å². The second kappa shape index (κ2) is 8.23. The summed E-state index contributed by atoms with van der Waals surface area (Å²) in [4.78, 5) is 19.3. The third kappa shape index (κ3) is 4.06. The lowest BCUT2D eigenvalue weighted by Crippen LogP contribution is -2.00. The Morgan fingerprint density at radius 1 is 0.879 bits per heavy atom. The number of imidazole rings is 1. The molecule has 0 aliphatic carbocycles. The van der Waals surface area contributed by atoms with Crippen molar-refractivity contribution in [3.8, 4) is 33.9 Å². The number of nitro groups is 1. The van der Waals surface area contributed by atoms with Crippen molar-refractivity contribution in [1.29, 1.82) is 0 Å². The number of non-ortho nitro benzene ring substituents is 1. The van der Waals surface area contributed by atoms with E-state index in [-0.39, 0.29) is 17.1 Å². The van der Waals surface area contributed by atoms with Crippen LogP contribution in [0.5, 0.6) is 0 Å². The van der Waals surface area contributed by atoms with Gasteiger partial charge in [-0.1, -0.05) is 42.5 Å². The van der Waals surface area contributed by atoms with E-state index in [0.29, 0.717) is 17.9 Å². The first-order chi connectivity index (χ1) is 16.0. The molecule has 0 bridgehead atoms. The number of hydrogen-bond donors (Lipinski definition) is 0. The molecule has 0 aromatic heterocycles. The third-order valence-electron chi connectivity index (χ3n) is 5.33. The second-order valence-electron chi connectivity index (χ2n) is 7.54. The number of benzene rings is 3. The first kappa shape index (κ1) is 20.4. The molecule has 5 rings (SSSR count). The molecule has 8 heteroatoms. The molecular weight excluding hydrogens is 426 g/mol. The van der Waals surface area contributed by atoms with E-state index in [2.05, 4.69) is 9.97 Å². The fourth-order valence-corrected chi connectivity index (χ4v) is 3.66. The highest BCUT2D eigenvalue weighted by Crippen LogP contribution is 2.28. The second-order valence-corrected chi connectivity index (χ2v) is 7.54. The van der Waals surface area contributed by atoms with Crippen molar-refractivity contribution in [1.82, 2.24) is 14.5 Å². The molecular formula is C25H16F2N4O2. The molecule has 2 aliphatic heterocycles. The van der Waals surface area contributed by atoms with Gasteiger partial charge in [-0.15, -0.1) is 0 Å². The SMILES string of the molecule is O=[N+]([O-])c1cccc(-c2ccc(Cn3ccc4nc(-c5cccc(F)c5F)nc-4c3)cc2)c1. The van der Waals surface area contributed by atoms with Crippen molar-refractivity contribution in [2.45, 2.75) is 6.54 Å². The minimum atomic E-state index is -0.968. The van der Waals surface area contributed by atoms with Gasteiger partial charge in [-0.2, -0.15) is 0 Å². The fourth-order valence-electron chi connectivity index (χ4n) is 3.66. The molecule has 3 aromatic rings. The number of pyridine rings is 1. The van der Waals surface area contributed by atoms with Crippen molar-refractivity contribution < 1.29 is 13.7 Å². The normalized spacial score (nSPS) is 11.1. The lowest BCUT2D eigenvalue weighted by molar-refractivity contribution is -0.384. The number of nitrogens with zero attached hydrogens (tertiary/aromatic N) is 4. The minimum Gasteiger partial charge on any atom is -0.348 e. The van der Waals surface area contributed by atoms with E-state index in [1.54, 1.807) is 24.4 Å². The van der Waals surface area contributed by atoms with Gasteiger partial charge >= 0.3 is 0 Å². The summed E-state index contributed by atoms with van der Waals surface area (Å²) in [5.41, 5.74) is 3.91. The van der Waals surface area contributed by atoms with E-state index >= 15 is 0 Å². The molecule has 162 valence electrons. The summed E-state index contributed by atoms with van der Waals surface area (Å²) >= 11 is 0. The van der Waals surface area contributed by atoms with Crippen molar-refractivity contribution in [3.63, 3.8) is 0 Å². The highest BCUT2D eigenvalue weighted by molar-refractivity contribution is 5.67. The van der Waals surface area contributed by atoms with E-state index in [1.807, 2.05) is 41.1 Å². The highest BCUT2D eigenvalue weighted by Gasteiger charge is 2.17. The quantitative estimate of drug-likeness (QED) is 0.249. The average Bonchev–Trinajstić information content (AvgIpc) is 3.24. The number of rotatable bonds is 5. The van der Waals surface area contributed by atoms with Crippen LogP contribution in [-0.2, 0) is 6.54 Å². The highest BCUT2D eigenvalue weighted by atomic mass is 19.2. The zero-order valence-electron chi connectivity index (χ0n) is 17.2. The number of hydrogen-bond acceptors (Lipinski definition) is 4. The molecule has 6 nitrogen and oxygen atoms in total. The topological polar surface area (TPSA) is 73.8 Å². The molecule has 2 aliphatic rings. The van der Waals surface area contributed by atoms with Crippen LogP contribution in [0.2, 0.25) is 0 Å². The summed E-state index contributed by atoms with van der Waals surface area (Å²) in [6.45, 7) is 0.557. The zero-order chi connectivity index (χ0) is 22.9. The Kier molecular flexibility index (Phi) is 5.10. The van der Waals surface area contributed by atoms with Crippen LogP contribution in [-0.4, -0.2) is 19.5 Å². The molecule has 33 heavy (non-hydrogen) atoms. The first-order valence-corrected chi connectivity index (χ1v) is 10.1. The van der Waals surface area contributed by atoms with Gasteiger partial charge in [0.05, 0.1) is 16.2 Å². The third-order valence-corrected chi connectivity index (χ3v) is 5.33. The lowest BCUT2D eigenvalue weighted by atomic mass is 10.0. The van der Waals surface area contributed by atoms with E-state index in [1.165, 1.54) is 18.2 Å². The summed E-state index contributed by atoms with van der Waals surface area (Å²) in [6, 6.07) is 20.0. The van der Waals surface area contributed by atoms with Gasteiger partial charge in [0.15, 0.2) is 17.5 Å². The van der Waals surface area contributed by atoms with Crippen LogP contribution in [0, 0.1) is 21.7 Å². The molecule has 0 saturated carbocycles. The Labute approximate surface area is 187 Å². The molecule has 0 saturated heterocycles. The maximum absolute atomic E-state index is 14.1. The molecule has 0 fully saturated rings. The van der Waals surface area contributed by atoms with E-state index in [4.69, 9.17) is 0 Å². The fraction of sp³-hybridized carbons (Fsp3) is 0.0400. The van der Waals surface area contributed by atoms with Crippen LogP contribution in [0.4, 0.5) is 14.5 Å². The summed E-state index contributed by atoms with van der Waals surface area (Å²) in [7, 11) is 0. The number of nitro benzene ring substituents is 1. The zero-order valence-corrected chi connectivity index (χ0v) is 17.2. The Hall–Kier alpha value is -4.46. The smallest absolute Gasteiger partial charge is 0.270 e. The summed E-state index contributed by atoms with van der Waals surface area (Å²) < 4.78 is 29.6. The van der Waals surface area contributed by atoms with Crippen LogP contribution in [0.1, 0.15) is 5.56 Å². The predicted molar refractivity (Wildman–Crippen MR) is 120 cm³/mol. The molecule has 0 N–H and O–H groups in total. The van der Waals surface area contributed by atoms with Crippen molar-refractivity contribution in [2.24, 2.45) is 0 Å². The van der Waals surface area contributed by atoms with Crippen molar-refractivity contribution in [2.75, 3.05) is 0 Å². The molecule has 3 aromatic carbocycles. The maximum Gasteiger partial charge on any atom is 0.270 e. The van der Waals surface area contributed by atoms with Gasteiger partial charge in [0, 0.05) is 31.1 Å². The van der Waals surface area contributed by atoms with Gasteiger partial charge in [0.1, 0.15) is 5.69 Å². The van der Waals surface area contributed by atoms with Gasteiger partial charge in [-0.3, -0.25) is 10.1 Å². The van der Waals surface area contributed by atoms with Crippen molar-refractivity contribution in [3.05, 3.63) is 113 Å². The van der Waals surface area contributed by atoms with E-state index in [9.17, 15) is 18.9 Å². The molecule has 0 unspecified atom stereocenters. The first-order valence-electron chi connectivity index (χ1n) is 10.1. The molecule has 0 amide bonds. The van der Waals surface area contributed by atoms with Gasteiger partial charge in [-0.25, -0.2) is 18.7 Å². The van der Waals surface area contributed by atoms with E-state index in [0.717, 1.165) is 22.8 Å².